The highest BCUT2D eigenvalue weighted by molar-refractivity contribution is 7.98. The third-order valence-electron chi connectivity index (χ3n) is 2.22. The van der Waals surface area contributed by atoms with E-state index in [1.807, 2.05) is 31.4 Å². The van der Waals surface area contributed by atoms with Crippen molar-refractivity contribution in [3.63, 3.8) is 0 Å². The van der Waals surface area contributed by atoms with Gasteiger partial charge in [0, 0.05) is 16.9 Å². The number of thioether (sulfide) groups is 1. The van der Waals surface area contributed by atoms with Crippen LogP contribution in [0.25, 0.3) is 0 Å². The van der Waals surface area contributed by atoms with Crippen LogP contribution in [-0.4, -0.2) is 23.1 Å². The van der Waals surface area contributed by atoms with Crippen LogP contribution in [0.2, 0.25) is 0 Å². The van der Waals surface area contributed by atoms with Crippen molar-refractivity contribution in [2.45, 2.75) is 24.7 Å². The van der Waals surface area contributed by atoms with E-state index < -0.39 is 5.97 Å². The molecule has 0 aromatic heterocycles. The van der Waals surface area contributed by atoms with Gasteiger partial charge in [0.05, 0.1) is 6.42 Å². The fourth-order valence-electron chi connectivity index (χ4n) is 1.39. The van der Waals surface area contributed by atoms with Crippen LogP contribution in [0.5, 0.6) is 0 Å². The minimum atomic E-state index is -0.938. The second-order valence-corrected chi connectivity index (χ2v) is 4.37. The van der Waals surface area contributed by atoms with Gasteiger partial charge in [-0.2, -0.15) is 0 Å². The van der Waals surface area contributed by atoms with Crippen molar-refractivity contribution >= 4 is 23.5 Å². The molecular weight excluding hydrogens is 224 g/mol. The summed E-state index contributed by atoms with van der Waals surface area (Å²) in [4.78, 5) is 23.1. The topological polar surface area (TPSA) is 54.4 Å². The Morgan fingerprint density at radius 2 is 2.00 bits per heavy atom. The maximum Gasteiger partial charge on any atom is 0.303 e. The molecule has 0 spiro atoms. The second-order valence-electron chi connectivity index (χ2n) is 3.52. The molecule has 0 saturated carbocycles. The van der Waals surface area contributed by atoms with E-state index in [9.17, 15) is 9.59 Å². The van der Waals surface area contributed by atoms with Gasteiger partial charge in [-0.25, -0.2) is 0 Å². The average molecular weight is 238 g/mol. The van der Waals surface area contributed by atoms with Gasteiger partial charge in [0.15, 0.2) is 5.78 Å². The maximum absolute atomic E-state index is 11.8. The first-order valence-electron chi connectivity index (χ1n) is 4.94. The van der Waals surface area contributed by atoms with Crippen LogP contribution < -0.4 is 0 Å². The number of carboxylic acids is 1. The van der Waals surface area contributed by atoms with Gasteiger partial charge in [-0.3, -0.25) is 9.59 Å². The molecule has 0 aliphatic rings. The normalized spacial score (nSPS) is 10.1. The standard InChI is InChI=1S/C12H14O3S/c1-8-3-5-11(16-2)9(7-8)10(13)4-6-12(14)15/h3,5,7H,4,6H2,1-2H3,(H,14,15). The Balaban J connectivity index is 2.88. The predicted molar refractivity (Wildman–Crippen MR) is 64.2 cm³/mol. The lowest BCUT2D eigenvalue weighted by atomic mass is 10.0. The van der Waals surface area contributed by atoms with Crippen molar-refractivity contribution in [3.8, 4) is 0 Å². The molecule has 16 heavy (non-hydrogen) atoms. The monoisotopic (exact) mass is 238 g/mol. The number of ketones is 1. The highest BCUT2D eigenvalue weighted by Crippen LogP contribution is 2.23. The molecule has 0 atom stereocenters. The lowest BCUT2D eigenvalue weighted by Gasteiger charge is -2.06. The average Bonchev–Trinajstić information content (AvgIpc) is 2.25. The Morgan fingerprint density at radius 3 is 2.56 bits per heavy atom. The van der Waals surface area contributed by atoms with Gasteiger partial charge in [-0.05, 0) is 25.3 Å². The molecule has 0 bridgehead atoms. The number of rotatable bonds is 5. The van der Waals surface area contributed by atoms with Gasteiger partial charge < -0.3 is 5.11 Å². The van der Waals surface area contributed by atoms with Crippen molar-refractivity contribution in [1.29, 1.82) is 0 Å². The Hall–Kier alpha value is -1.29. The Kier molecular flexibility index (Phi) is 4.55. The largest absolute Gasteiger partial charge is 0.481 e. The zero-order chi connectivity index (χ0) is 12.1. The van der Waals surface area contributed by atoms with Crippen LogP contribution in [0, 0.1) is 6.92 Å². The molecule has 0 unspecified atom stereocenters. The van der Waals surface area contributed by atoms with E-state index in [1.54, 1.807) is 0 Å². The molecule has 0 aliphatic heterocycles. The molecule has 1 N–H and O–H groups in total. The Morgan fingerprint density at radius 1 is 1.31 bits per heavy atom. The predicted octanol–water partition coefficient (Wildman–Crippen LogP) is 2.76. The van der Waals surface area contributed by atoms with E-state index in [0.717, 1.165) is 10.5 Å². The minimum absolute atomic E-state index is 0.0619. The molecule has 0 fully saturated rings. The summed E-state index contributed by atoms with van der Waals surface area (Å²) in [6.07, 6.45) is 1.85. The smallest absolute Gasteiger partial charge is 0.303 e. The molecule has 3 nitrogen and oxygen atoms in total. The molecule has 0 aliphatic carbocycles. The number of hydrogen-bond donors (Lipinski definition) is 1. The van der Waals surface area contributed by atoms with Crippen LogP contribution in [-0.2, 0) is 4.79 Å². The van der Waals surface area contributed by atoms with Crippen LogP contribution in [0.15, 0.2) is 23.1 Å². The lowest BCUT2D eigenvalue weighted by Crippen LogP contribution is -2.05. The van der Waals surface area contributed by atoms with Gasteiger partial charge in [0.1, 0.15) is 0 Å². The molecule has 1 aromatic carbocycles. The van der Waals surface area contributed by atoms with E-state index in [4.69, 9.17) is 5.11 Å². The number of aliphatic carboxylic acids is 1. The number of hydrogen-bond acceptors (Lipinski definition) is 3. The number of carbonyl (C=O) groups is 2. The Labute approximate surface area is 98.9 Å². The van der Waals surface area contributed by atoms with Crippen LogP contribution in [0.4, 0.5) is 0 Å². The summed E-state index contributed by atoms with van der Waals surface area (Å²) in [6.45, 7) is 1.91. The lowest BCUT2D eigenvalue weighted by molar-refractivity contribution is -0.136. The zero-order valence-corrected chi connectivity index (χ0v) is 10.1. The van der Waals surface area contributed by atoms with E-state index in [-0.39, 0.29) is 18.6 Å². The van der Waals surface area contributed by atoms with E-state index in [1.165, 1.54) is 11.8 Å². The molecule has 0 heterocycles. The van der Waals surface area contributed by atoms with E-state index in [2.05, 4.69) is 0 Å². The summed E-state index contributed by atoms with van der Waals surface area (Å²) in [6, 6.07) is 5.66. The number of aryl methyl sites for hydroxylation is 1. The van der Waals surface area contributed by atoms with Gasteiger partial charge >= 0.3 is 5.97 Å². The van der Waals surface area contributed by atoms with Crippen molar-refractivity contribution in [3.05, 3.63) is 29.3 Å². The summed E-state index contributed by atoms with van der Waals surface area (Å²) in [5.74, 6) is -1.04. The van der Waals surface area contributed by atoms with Gasteiger partial charge in [-0.15, -0.1) is 11.8 Å². The van der Waals surface area contributed by atoms with E-state index >= 15 is 0 Å². The fraction of sp³-hybridized carbons (Fsp3) is 0.333. The van der Waals surface area contributed by atoms with Crippen LogP contribution in [0.3, 0.4) is 0 Å². The molecule has 86 valence electrons. The van der Waals surface area contributed by atoms with Crippen molar-refractivity contribution in [2.75, 3.05) is 6.26 Å². The summed E-state index contributed by atoms with van der Waals surface area (Å²) >= 11 is 1.50. The van der Waals surface area contributed by atoms with Crippen molar-refractivity contribution in [2.24, 2.45) is 0 Å². The summed E-state index contributed by atoms with van der Waals surface area (Å²) in [5, 5.41) is 8.53. The number of benzene rings is 1. The highest BCUT2D eigenvalue weighted by Gasteiger charge is 2.12. The van der Waals surface area contributed by atoms with Gasteiger partial charge in [0.2, 0.25) is 0 Å². The van der Waals surface area contributed by atoms with Gasteiger partial charge in [0.25, 0.3) is 0 Å². The number of carbonyl (C=O) groups excluding carboxylic acids is 1. The minimum Gasteiger partial charge on any atom is -0.481 e. The molecular formula is C12H14O3S. The SMILES string of the molecule is CSc1ccc(C)cc1C(=O)CCC(=O)O. The van der Waals surface area contributed by atoms with Crippen molar-refractivity contribution < 1.29 is 14.7 Å². The maximum atomic E-state index is 11.8. The molecule has 0 amide bonds. The summed E-state index contributed by atoms with van der Waals surface area (Å²) in [5.41, 5.74) is 1.64. The van der Waals surface area contributed by atoms with Crippen LogP contribution in [0.1, 0.15) is 28.8 Å². The molecule has 4 heteroatoms. The third-order valence-corrected chi connectivity index (χ3v) is 3.02. The first-order valence-corrected chi connectivity index (χ1v) is 6.16. The summed E-state index contributed by atoms with van der Waals surface area (Å²) in [7, 11) is 0. The first kappa shape index (κ1) is 12.8. The Bertz CT molecular complexity index is 413. The van der Waals surface area contributed by atoms with Crippen molar-refractivity contribution in [1.82, 2.24) is 0 Å². The zero-order valence-electron chi connectivity index (χ0n) is 9.32. The second kappa shape index (κ2) is 5.70. The quantitative estimate of drug-likeness (QED) is 0.633. The number of carboxylic acid groups (broad SMARTS) is 1. The van der Waals surface area contributed by atoms with E-state index in [0.29, 0.717) is 5.56 Å². The molecule has 0 saturated heterocycles. The highest BCUT2D eigenvalue weighted by atomic mass is 32.2. The van der Waals surface area contributed by atoms with Gasteiger partial charge in [-0.1, -0.05) is 11.6 Å². The molecule has 0 radical (unpaired) electrons. The summed E-state index contributed by atoms with van der Waals surface area (Å²) < 4.78 is 0. The van der Waals surface area contributed by atoms with Crippen LogP contribution >= 0.6 is 11.8 Å². The molecule has 1 rings (SSSR count). The first-order chi connectivity index (χ1) is 7.54. The number of Topliss-reactive ketones (excluding diaryl/α,β-unsaturated/α-hetero) is 1. The fourth-order valence-corrected chi connectivity index (χ4v) is 1.99. The molecule has 1 aromatic rings. The third kappa shape index (κ3) is 3.38.